The number of hydrogen-bond acceptors (Lipinski definition) is 7. The third kappa shape index (κ3) is 7.12. The third-order valence-corrected chi connectivity index (χ3v) is 2.62. The first-order chi connectivity index (χ1) is 10.9. The highest BCUT2D eigenvalue weighted by Crippen LogP contribution is 2.17. The fourth-order valence-electron chi connectivity index (χ4n) is 1.58. The number of esters is 2. The van der Waals surface area contributed by atoms with Crippen LogP contribution in [0.15, 0.2) is 46.3 Å². The van der Waals surface area contributed by atoms with Gasteiger partial charge in [-0.15, -0.1) is 0 Å². The van der Waals surface area contributed by atoms with Crippen LogP contribution in [0.2, 0.25) is 0 Å². The van der Waals surface area contributed by atoms with Crippen LogP contribution in [0.5, 0.6) is 5.75 Å². The van der Waals surface area contributed by atoms with Crippen LogP contribution in [-0.4, -0.2) is 22.8 Å². The van der Waals surface area contributed by atoms with Gasteiger partial charge in [-0.25, -0.2) is 4.79 Å². The summed E-state index contributed by atoms with van der Waals surface area (Å²) in [7, 11) is 0. The number of Topliss-reactive ketones (excluding diaryl/α,β-unsaturated/α-hetero) is 1. The van der Waals surface area contributed by atoms with Gasteiger partial charge in [0, 0.05) is 0 Å². The largest absolute Gasteiger partial charge is 0.508 e. The van der Waals surface area contributed by atoms with Crippen molar-refractivity contribution >= 4 is 23.4 Å². The molecule has 1 N–H and O–H groups in total. The summed E-state index contributed by atoms with van der Waals surface area (Å²) in [5.41, 5.74) is 0.683. The highest BCUT2D eigenvalue weighted by molar-refractivity contribution is 6.02. The minimum atomic E-state index is -0.889. The SMILES string of the molecule is CCCC(=CN=Nc1ccc(O)cc1)C(=O)OC(=O)CC(C)=O. The molecule has 0 atom stereocenters. The summed E-state index contributed by atoms with van der Waals surface area (Å²) in [5.74, 6) is -1.99. The minimum Gasteiger partial charge on any atom is -0.508 e. The maximum Gasteiger partial charge on any atom is 0.343 e. The zero-order chi connectivity index (χ0) is 17.2. The van der Waals surface area contributed by atoms with Crippen molar-refractivity contribution in [2.45, 2.75) is 33.1 Å². The van der Waals surface area contributed by atoms with E-state index in [2.05, 4.69) is 15.0 Å². The summed E-state index contributed by atoms with van der Waals surface area (Å²) in [4.78, 5) is 34.0. The molecule has 0 aliphatic carbocycles. The quantitative estimate of drug-likeness (QED) is 0.359. The van der Waals surface area contributed by atoms with Crippen LogP contribution in [0.25, 0.3) is 0 Å². The molecule has 7 nitrogen and oxygen atoms in total. The first kappa shape index (κ1) is 18.2. The van der Waals surface area contributed by atoms with Gasteiger partial charge < -0.3 is 9.84 Å². The molecule has 0 spiro atoms. The van der Waals surface area contributed by atoms with Crippen molar-refractivity contribution in [1.82, 2.24) is 0 Å². The van der Waals surface area contributed by atoms with Crippen molar-refractivity contribution in [3.05, 3.63) is 36.0 Å². The smallest absolute Gasteiger partial charge is 0.343 e. The van der Waals surface area contributed by atoms with Crippen LogP contribution in [0.3, 0.4) is 0 Å². The number of carbonyl (C=O) groups is 3. The maximum atomic E-state index is 11.9. The average Bonchev–Trinajstić information content (AvgIpc) is 2.47. The Morgan fingerprint density at radius 2 is 1.87 bits per heavy atom. The molecule has 0 bridgehead atoms. The lowest BCUT2D eigenvalue weighted by Crippen LogP contribution is -2.16. The van der Waals surface area contributed by atoms with Gasteiger partial charge in [0.25, 0.3) is 0 Å². The molecular formula is C16H18N2O5. The Bertz CT molecular complexity index is 632. The van der Waals surface area contributed by atoms with Gasteiger partial charge in [-0.1, -0.05) is 13.3 Å². The topological polar surface area (TPSA) is 105 Å². The van der Waals surface area contributed by atoms with E-state index in [1.54, 1.807) is 12.1 Å². The van der Waals surface area contributed by atoms with Crippen molar-refractivity contribution in [3.63, 3.8) is 0 Å². The van der Waals surface area contributed by atoms with Crippen molar-refractivity contribution in [2.75, 3.05) is 0 Å². The average molecular weight is 318 g/mol. The van der Waals surface area contributed by atoms with Crippen molar-refractivity contribution in [1.29, 1.82) is 0 Å². The molecule has 1 aromatic rings. The Labute approximate surface area is 133 Å². The lowest BCUT2D eigenvalue weighted by molar-refractivity contribution is -0.157. The van der Waals surface area contributed by atoms with Crippen molar-refractivity contribution in [3.8, 4) is 5.75 Å². The number of rotatable bonds is 7. The number of aromatic hydroxyl groups is 1. The predicted octanol–water partition coefficient (Wildman–Crippen LogP) is 3.21. The first-order valence-corrected chi connectivity index (χ1v) is 7.05. The normalized spacial score (nSPS) is 11.5. The van der Waals surface area contributed by atoms with Gasteiger partial charge in [-0.3, -0.25) is 9.59 Å². The van der Waals surface area contributed by atoms with Crippen LogP contribution in [-0.2, 0) is 19.1 Å². The number of carbonyl (C=O) groups excluding carboxylic acids is 3. The van der Waals surface area contributed by atoms with Gasteiger partial charge in [-0.05, 0) is 37.6 Å². The maximum absolute atomic E-state index is 11.9. The van der Waals surface area contributed by atoms with E-state index < -0.39 is 18.4 Å². The van der Waals surface area contributed by atoms with Crippen LogP contribution in [0, 0.1) is 0 Å². The fourth-order valence-corrected chi connectivity index (χ4v) is 1.58. The van der Waals surface area contributed by atoms with Gasteiger partial charge in [0.05, 0.1) is 17.5 Å². The molecule has 1 rings (SSSR count). The second-order valence-corrected chi connectivity index (χ2v) is 4.78. The van der Waals surface area contributed by atoms with E-state index in [4.69, 9.17) is 5.11 Å². The van der Waals surface area contributed by atoms with Gasteiger partial charge in [0.1, 0.15) is 18.0 Å². The number of phenols is 1. The summed E-state index contributed by atoms with van der Waals surface area (Å²) in [6.07, 6.45) is 1.79. The fraction of sp³-hybridized carbons (Fsp3) is 0.312. The molecule has 0 fully saturated rings. The highest BCUT2D eigenvalue weighted by atomic mass is 16.6. The molecule has 0 aliphatic heterocycles. The van der Waals surface area contributed by atoms with Gasteiger partial charge in [-0.2, -0.15) is 10.2 Å². The minimum absolute atomic E-state index is 0.110. The molecule has 1 aromatic carbocycles. The van der Waals surface area contributed by atoms with Crippen molar-refractivity contribution < 1.29 is 24.2 Å². The second kappa shape index (κ2) is 9.24. The van der Waals surface area contributed by atoms with E-state index >= 15 is 0 Å². The Morgan fingerprint density at radius 3 is 2.43 bits per heavy atom. The summed E-state index contributed by atoms with van der Waals surface area (Å²) in [6.45, 7) is 3.09. The van der Waals surface area contributed by atoms with Gasteiger partial charge in [0.2, 0.25) is 0 Å². The molecular weight excluding hydrogens is 300 g/mol. The van der Waals surface area contributed by atoms with E-state index in [9.17, 15) is 14.4 Å². The van der Waals surface area contributed by atoms with Crippen LogP contribution >= 0.6 is 0 Å². The number of nitrogens with zero attached hydrogens (tertiary/aromatic N) is 2. The summed E-state index contributed by atoms with van der Waals surface area (Å²) in [5, 5.41) is 16.8. The molecule has 7 heteroatoms. The van der Waals surface area contributed by atoms with Gasteiger partial charge >= 0.3 is 11.9 Å². The molecule has 0 saturated carbocycles. The van der Waals surface area contributed by atoms with Gasteiger partial charge in [0.15, 0.2) is 0 Å². The number of ether oxygens (including phenoxy) is 1. The van der Waals surface area contributed by atoms with Crippen LogP contribution in [0.4, 0.5) is 5.69 Å². The predicted molar refractivity (Wildman–Crippen MR) is 82.0 cm³/mol. The number of ketones is 1. The standard InChI is InChI=1S/C16H18N2O5/c1-3-4-12(16(22)23-15(21)9-11(2)19)10-17-18-13-5-7-14(20)8-6-13/h5-8,10,20H,3-4,9H2,1-2H3. The van der Waals surface area contributed by atoms with E-state index in [1.807, 2.05) is 6.92 Å². The summed E-state index contributed by atoms with van der Waals surface area (Å²) >= 11 is 0. The molecule has 0 unspecified atom stereocenters. The number of hydrogen-bond donors (Lipinski definition) is 1. The Morgan fingerprint density at radius 1 is 1.22 bits per heavy atom. The Hall–Kier alpha value is -2.83. The van der Waals surface area contributed by atoms with E-state index in [0.29, 0.717) is 18.5 Å². The Balaban J connectivity index is 2.75. The molecule has 0 aromatic heterocycles. The molecule has 0 aliphatic rings. The number of phenolic OH excluding ortho intramolecular Hbond substituents is 1. The first-order valence-electron chi connectivity index (χ1n) is 7.05. The Kier molecular flexibility index (Phi) is 7.32. The number of azo groups is 1. The lowest BCUT2D eigenvalue weighted by atomic mass is 10.2. The molecule has 122 valence electrons. The van der Waals surface area contributed by atoms with E-state index in [0.717, 1.165) is 0 Å². The zero-order valence-corrected chi connectivity index (χ0v) is 13.0. The van der Waals surface area contributed by atoms with Crippen LogP contribution < -0.4 is 0 Å². The van der Waals surface area contributed by atoms with E-state index in [-0.39, 0.29) is 17.1 Å². The van der Waals surface area contributed by atoms with E-state index in [1.165, 1.54) is 25.3 Å². The third-order valence-electron chi connectivity index (χ3n) is 2.62. The monoisotopic (exact) mass is 318 g/mol. The molecule has 0 radical (unpaired) electrons. The van der Waals surface area contributed by atoms with Crippen molar-refractivity contribution in [2.24, 2.45) is 10.2 Å². The highest BCUT2D eigenvalue weighted by Gasteiger charge is 2.16. The molecule has 0 saturated heterocycles. The zero-order valence-electron chi connectivity index (χ0n) is 13.0. The number of benzene rings is 1. The lowest BCUT2D eigenvalue weighted by Gasteiger charge is -2.04. The summed E-state index contributed by atoms with van der Waals surface area (Å²) < 4.78 is 4.59. The molecule has 0 heterocycles. The molecule has 23 heavy (non-hydrogen) atoms. The molecule has 0 amide bonds. The summed E-state index contributed by atoms with van der Waals surface area (Å²) in [6, 6.07) is 6.03. The second-order valence-electron chi connectivity index (χ2n) is 4.78. The van der Waals surface area contributed by atoms with Crippen LogP contribution in [0.1, 0.15) is 33.1 Å².